The van der Waals surface area contributed by atoms with Gasteiger partial charge in [-0.2, -0.15) is 5.26 Å². The lowest BCUT2D eigenvalue weighted by Crippen LogP contribution is -2.15. The third-order valence-electron chi connectivity index (χ3n) is 4.58. The van der Waals surface area contributed by atoms with Gasteiger partial charge in [0.25, 0.3) is 0 Å². The van der Waals surface area contributed by atoms with E-state index in [4.69, 9.17) is 4.74 Å². The molecule has 0 unspecified atom stereocenters. The Morgan fingerprint density at radius 1 is 1.30 bits per heavy atom. The molecular formula is C21H19FN2O3. The number of aromatic nitrogens is 1. The van der Waals surface area contributed by atoms with E-state index in [1.165, 1.54) is 18.2 Å². The number of hydrogen-bond donors (Lipinski definition) is 0. The van der Waals surface area contributed by atoms with Crippen LogP contribution in [0.15, 0.2) is 35.9 Å². The van der Waals surface area contributed by atoms with Crippen molar-refractivity contribution in [1.29, 1.82) is 5.26 Å². The highest BCUT2D eigenvalue weighted by atomic mass is 19.1. The van der Waals surface area contributed by atoms with Crippen molar-refractivity contribution in [2.45, 2.75) is 32.7 Å². The van der Waals surface area contributed by atoms with Crippen LogP contribution in [0.2, 0.25) is 0 Å². The summed E-state index contributed by atoms with van der Waals surface area (Å²) in [4.78, 5) is 24.2. The SMILES string of the molecule is Cc1cc(/C=C(\C#N)C(=O)OCC(=O)c2ccc(F)cc2)c(C)n1C1CC1. The normalized spacial score (nSPS) is 13.9. The lowest BCUT2D eigenvalue weighted by molar-refractivity contribution is -0.137. The van der Waals surface area contributed by atoms with Crippen molar-refractivity contribution in [2.24, 2.45) is 0 Å². The zero-order valence-electron chi connectivity index (χ0n) is 15.2. The van der Waals surface area contributed by atoms with Crippen LogP contribution in [-0.4, -0.2) is 22.9 Å². The smallest absolute Gasteiger partial charge is 0.349 e. The molecule has 1 heterocycles. The minimum atomic E-state index is -0.857. The summed E-state index contributed by atoms with van der Waals surface area (Å²) in [5.74, 6) is -1.78. The zero-order chi connectivity index (χ0) is 19.6. The predicted octanol–water partition coefficient (Wildman–Crippen LogP) is 3.91. The quantitative estimate of drug-likeness (QED) is 0.336. The van der Waals surface area contributed by atoms with Crippen LogP contribution in [0.4, 0.5) is 4.39 Å². The fourth-order valence-electron chi connectivity index (χ4n) is 3.06. The highest BCUT2D eigenvalue weighted by Crippen LogP contribution is 2.38. The Morgan fingerprint density at radius 2 is 1.96 bits per heavy atom. The number of nitriles is 1. The van der Waals surface area contributed by atoms with E-state index in [-0.39, 0.29) is 11.1 Å². The van der Waals surface area contributed by atoms with E-state index in [2.05, 4.69) is 4.57 Å². The van der Waals surface area contributed by atoms with Crippen molar-refractivity contribution in [2.75, 3.05) is 6.61 Å². The molecule has 1 aromatic heterocycles. The molecule has 2 aromatic rings. The Balaban J connectivity index is 1.70. The van der Waals surface area contributed by atoms with Gasteiger partial charge in [0.1, 0.15) is 17.5 Å². The Bertz CT molecular complexity index is 961. The summed E-state index contributed by atoms with van der Waals surface area (Å²) < 4.78 is 20.1. The molecule has 5 nitrogen and oxygen atoms in total. The van der Waals surface area contributed by atoms with E-state index in [1.807, 2.05) is 26.0 Å². The van der Waals surface area contributed by atoms with Crippen molar-refractivity contribution in [1.82, 2.24) is 4.57 Å². The molecular weight excluding hydrogens is 347 g/mol. The van der Waals surface area contributed by atoms with Crippen LogP contribution in [-0.2, 0) is 9.53 Å². The van der Waals surface area contributed by atoms with E-state index in [0.29, 0.717) is 6.04 Å². The standard InChI is InChI=1S/C21H19FN2O3/c1-13-9-16(14(2)24(13)19-7-8-19)10-17(11-23)21(26)27-12-20(25)15-3-5-18(22)6-4-15/h3-6,9-10,19H,7-8,12H2,1-2H3/b17-10+. The second-order valence-corrected chi connectivity index (χ2v) is 6.60. The van der Waals surface area contributed by atoms with Crippen molar-refractivity contribution >= 4 is 17.8 Å². The Labute approximate surface area is 156 Å². The monoisotopic (exact) mass is 366 g/mol. The van der Waals surface area contributed by atoms with Gasteiger partial charge in [-0.15, -0.1) is 0 Å². The zero-order valence-corrected chi connectivity index (χ0v) is 15.2. The molecule has 1 fully saturated rings. The first-order valence-corrected chi connectivity index (χ1v) is 8.67. The van der Waals surface area contributed by atoms with Crippen molar-refractivity contribution < 1.29 is 18.7 Å². The molecule has 3 rings (SSSR count). The van der Waals surface area contributed by atoms with Gasteiger partial charge in [0, 0.05) is 23.0 Å². The first-order valence-electron chi connectivity index (χ1n) is 8.67. The highest BCUT2D eigenvalue weighted by Gasteiger charge is 2.27. The lowest BCUT2D eigenvalue weighted by Gasteiger charge is -2.07. The molecule has 1 aromatic carbocycles. The average Bonchev–Trinajstić information content (AvgIpc) is 3.44. The van der Waals surface area contributed by atoms with Gasteiger partial charge >= 0.3 is 5.97 Å². The van der Waals surface area contributed by atoms with Crippen LogP contribution in [0.3, 0.4) is 0 Å². The number of ether oxygens (including phenoxy) is 1. The minimum absolute atomic E-state index is 0.169. The number of hydrogen-bond acceptors (Lipinski definition) is 4. The summed E-state index contributed by atoms with van der Waals surface area (Å²) in [6.07, 6.45) is 3.77. The second-order valence-electron chi connectivity index (χ2n) is 6.60. The summed E-state index contributed by atoms with van der Waals surface area (Å²) in [6, 6.07) is 9.22. The Morgan fingerprint density at radius 3 is 2.56 bits per heavy atom. The van der Waals surface area contributed by atoms with E-state index in [9.17, 15) is 19.2 Å². The van der Waals surface area contributed by atoms with Gasteiger partial charge in [-0.3, -0.25) is 4.79 Å². The Kier molecular flexibility index (Phi) is 5.22. The lowest BCUT2D eigenvalue weighted by atomic mass is 10.1. The van der Waals surface area contributed by atoms with Gasteiger partial charge in [-0.1, -0.05) is 0 Å². The third-order valence-corrected chi connectivity index (χ3v) is 4.58. The number of carbonyl (C=O) groups is 2. The number of esters is 1. The number of nitrogens with zero attached hydrogens (tertiary/aromatic N) is 2. The fourth-order valence-corrected chi connectivity index (χ4v) is 3.06. The number of aryl methyl sites for hydroxylation is 1. The van der Waals surface area contributed by atoms with Crippen LogP contribution in [0, 0.1) is 31.0 Å². The molecule has 0 N–H and O–H groups in total. The summed E-state index contributed by atoms with van der Waals surface area (Å²) in [5, 5.41) is 9.31. The maximum atomic E-state index is 12.9. The number of carbonyl (C=O) groups excluding carboxylic acids is 2. The molecule has 0 bridgehead atoms. The molecule has 0 atom stereocenters. The van der Waals surface area contributed by atoms with Gasteiger partial charge in [-0.05, 0) is 68.7 Å². The summed E-state index contributed by atoms with van der Waals surface area (Å²) in [5.41, 5.74) is 2.94. The number of benzene rings is 1. The maximum Gasteiger partial charge on any atom is 0.349 e. The van der Waals surface area contributed by atoms with E-state index in [0.717, 1.165) is 41.9 Å². The van der Waals surface area contributed by atoms with Crippen LogP contribution >= 0.6 is 0 Å². The molecule has 0 spiro atoms. The minimum Gasteiger partial charge on any atom is -0.453 e. The molecule has 1 aliphatic carbocycles. The van der Waals surface area contributed by atoms with Gasteiger partial charge in [0.2, 0.25) is 0 Å². The van der Waals surface area contributed by atoms with Crippen LogP contribution in [0.1, 0.15) is 46.2 Å². The van der Waals surface area contributed by atoms with Crippen LogP contribution in [0.25, 0.3) is 6.08 Å². The molecule has 0 saturated heterocycles. The van der Waals surface area contributed by atoms with Gasteiger partial charge < -0.3 is 9.30 Å². The van der Waals surface area contributed by atoms with Gasteiger partial charge in [-0.25, -0.2) is 9.18 Å². The molecule has 0 aliphatic heterocycles. The summed E-state index contributed by atoms with van der Waals surface area (Å²) in [6.45, 7) is 3.44. The molecule has 138 valence electrons. The number of halogens is 1. The van der Waals surface area contributed by atoms with Crippen LogP contribution in [0.5, 0.6) is 0 Å². The van der Waals surface area contributed by atoms with Crippen molar-refractivity contribution in [3.05, 3.63) is 64.2 Å². The number of rotatable bonds is 6. The fraction of sp³-hybridized carbons (Fsp3) is 0.286. The van der Waals surface area contributed by atoms with Crippen molar-refractivity contribution in [3.63, 3.8) is 0 Å². The van der Waals surface area contributed by atoms with E-state index in [1.54, 1.807) is 0 Å². The molecule has 1 saturated carbocycles. The average molecular weight is 366 g/mol. The Hall–Kier alpha value is -3.20. The first-order chi connectivity index (χ1) is 12.9. The number of ketones is 1. The molecule has 27 heavy (non-hydrogen) atoms. The first kappa shape index (κ1) is 18.6. The largest absolute Gasteiger partial charge is 0.453 e. The van der Waals surface area contributed by atoms with Gasteiger partial charge in [0.15, 0.2) is 12.4 Å². The maximum absolute atomic E-state index is 12.9. The second kappa shape index (κ2) is 7.58. The van der Waals surface area contributed by atoms with E-state index >= 15 is 0 Å². The number of Topliss-reactive ketones (excluding diaryl/α,β-unsaturated/α-hetero) is 1. The molecule has 6 heteroatoms. The van der Waals surface area contributed by atoms with Gasteiger partial charge in [0.05, 0.1) is 0 Å². The molecule has 0 radical (unpaired) electrons. The highest BCUT2D eigenvalue weighted by molar-refractivity contribution is 6.01. The summed E-state index contributed by atoms with van der Waals surface area (Å²) in [7, 11) is 0. The van der Waals surface area contributed by atoms with E-state index < -0.39 is 24.2 Å². The molecule has 0 amide bonds. The van der Waals surface area contributed by atoms with Crippen LogP contribution < -0.4 is 0 Å². The topological polar surface area (TPSA) is 72.1 Å². The van der Waals surface area contributed by atoms with Crippen molar-refractivity contribution in [3.8, 4) is 6.07 Å². The third kappa shape index (κ3) is 4.14. The predicted molar refractivity (Wildman–Crippen MR) is 97.5 cm³/mol. The molecule has 1 aliphatic rings. The summed E-state index contributed by atoms with van der Waals surface area (Å²) >= 11 is 0.